The molecule has 1 atom stereocenters. The van der Waals surface area contributed by atoms with Crippen molar-refractivity contribution in [1.29, 1.82) is 0 Å². The fraction of sp³-hybridized carbons (Fsp3) is 0.667. The van der Waals surface area contributed by atoms with E-state index in [1.54, 1.807) is 13.0 Å². The summed E-state index contributed by atoms with van der Waals surface area (Å²) < 4.78 is 9.91. The first-order valence-electron chi connectivity index (χ1n) is 5.60. The van der Waals surface area contributed by atoms with Gasteiger partial charge in [0.1, 0.15) is 6.61 Å². The fourth-order valence-corrected chi connectivity index (χ4v) is 1.56. The van der Waals surface area contributed by atoms with Gasteiger partial charge in [-0.1, -0.05) is 19.1 Å². The molecule has 1 heterocycles. The average molecular weight is 226 g/mol. The van der Waals surface area contributed by atoms with Crippen LogP contribution in [-0.4, -0.2) is 25.2 Å². The van der Waals surface area contributed by atoms with Crippen molar-refractivity contribution in [3.63, 3.8) is 0 Å². The molecule has 1 rings (SSSR count). The molecule has 1 aliphatic rings. The van der Waals surface area contributed by atoms with Gasteiger partial charge in [-0.2, -0.15) is 0 Å². The minimum Gasteiger partial charge on any atom is -0.465 e. The standard InChI is InChI=1S/C12H18O4/c1-3-4-5-8-15-10(13)12(2)7-6-9-16-11(12)14/h4-5H,3,6-9H2,1-2H3/b5-4+. The van der Waals surface area contributed by atoms with Crippen molar-refractivity contribution >= 4 is 11.9 Å². The Morgan fingerprint density at radius 3 is 2.94 bits per heavy atom. The van der Waals surface area contributed by atoms with E-state index >= 15 is 0 Å². The zero-order valence-electron chi connectivity index (χ0n) is 9.82. The number of esters is 2. The zero-order chi connectivity index (χ0) is 12.0. The lowest BCUT2D eigenvalue weighted by Gasteiger charge is -2.28. The zero-order valence-corrected chi connectivity index (χ0v) is 9.82. The van der Waals surface area contributed by atoms with Crippen LogP contribution in [0.1, 0.15) is 33.1 Å². The van der Waals surface area contributed by atoms with E-state index in [0.717, 1.165) is 6.42 Å². The highest BCUT2D eigenvalue weighted by molar-refractivity contribution is 5.99. The second kappa shape index (κ2) is 5.68. The van der Waals surface area contributed by atoms with Crippen LogP contribution in [0, 0.1) is 5.41 Å². The molecule has 0 aromatic heterocycles. The Hall–Kier alpha value is -1.32. The molecule has 16 heavy (non-hydrogen) atoms. The number of allylic oxidation sites excluding steroid dienone is 1. The SMILES string of the molecule is CC/C=C/COC(=O)C1(C)CCCOC1=O. The Labute approximate surface area is 95.6 Å². The smallest absolute Gasteiger partial charge is 0.323 e. The highest BCUT2D eigenvalue weighted by atomic mass is 16.6. The van der Waals surface area contributed by atoms with Crippen LogP contribution in [0.15, 0.2) is 12.2 Å². The summed E-state index contributed by atoms with van der Waals surface area (Å²) in [6, 6.07) is 0. The molecule has 0 spiro atoms. The molecule has 0 bridgehead atoms. The molecule has 0 aromatic rings. The van der Waals surface area contributed by atoms with Crippen molar-refractivity contribution in [3.8, 4) is 0 Å². The molecule has 4 nitrogen and oxygen atoms in total. The molecular formula is C12H18O4. The van der Waals surface area contributed by atoms with Gasteiger partial charge in [0.15, 0.2) is 5.41 Å². The second-order valence-electron chi connectivity index (χ2n) is 4.05. The molecule has 1 aliphatic heterocycles. The van der Waals surface area contributed by atoms with Crippen LogP contribution in [0.5, 0.6) is 0 Å². The van der Waals surface area contributed by atoms with Gasteiger partial charge in [-0.05, 0) is 26.2 Å². The summed E-state index contributed by atoms with van der Waals surface area (Å²) in [7, 11) is 0. The first-order chi connectivity index (χ1) is 7.61. The highest BCUT2D eigenvalue weighted by Crippen LogP contribution is 2.30. The molecule has 0 amide bonds. The Kier molecular flexibility index (Phi) is 4.52. The van der Waals surface area contributed by atoms with E-state index < -0.39 is 17.4 Å². The molecular weight excluding hydrogens is 208 g/mol. The minimum atomic E-state index is -1.11. The van der Waals surface area contributed by atoms with E-state index in [1.807, 2.05) is 13.0 Å². The number of cyclic esters (lactones) is 1. The van der Waals surface area contributed by atoms with E-state index in [9.17, 15) is 9.59 Å². The fourth-order valence-electron chi connectivity index (χ4n) is 1.56. The van der Waals surface area contributed by atoms with Crippen LogP contribution in [0.3, 0.4) is 0 Å². The summed E-state index contributed by atoms with van der Waals surface area (Å²) in [6.45, 7) is 4.20. The quantitative estimate of drug-likeness (QED) is 0.417. The molecule has 0 saturated carbocycles. The topological polar surface area (TPSA) is 52.6 Å². The van der Waals surface area contributed by atoms with Crippen molar-refractivity contribution < 1.29 is 19.1 Å². The van der Waals surface area contributed by atoms with E-state index in [1.165, 1.54) is 0 Å². The van der Waals surface area contributed by atoms with Crippen LogP contribution in [0.25, 0.3) is 0 Å². The third-order valence-electron chi connectivity index (χ3n) is 2.67. The summed E-state index contributed by atoms with van der Waals surface area (Å²) in [5.74, 6) is -0.957. The molecule has 0 N–H and O–H groups in total. The van der Waals surface area contributed by atoms with Gasteiger partial charge in [0.25, 0.3) is 0 Å². The molecule has 0 aromatic carbocycles. The van der Waals surface area contributed by atoms with Crippen molar-refractivity contribution in [2.45, 2.75) is 33.1 Å². The predicted molar refractivity (Wildman–Crippen MR) is 58.7 cm³/mol. The number of carbonyl (C=O) groups excluding carboxylic acids is 2. The highest BCUT2D eigenvalue weighted by Gasteiger charge is 2.45. The van der Waals surface area contributed by atoms with Gasteiger partial charge in [-0.15, -0.1) is 0 Å². The summed E-state index contributed by atoms with van der Waals surface area (Å²) >= 11 is 0. The monoisotopic (exact) mass is 226 g/mol. The molecule has 1 unspecified atom stereocenters. The lowest BCUT2D eigenvalue weighted by molar-refractivity contribution is -0.175. The Bertz CT molecular complexity index is 295. The van der Waals surface area contributed by atoms with Gasteiger partial charge in [-0.3, -0.25) is 9.59 Å². The molecule has 90 valence electrons. The van der Waals surface area contributed by atoms with E-state index in [-0.39, 0.29) is 6.61 Å². The van der Waals surface area contributed by atoms with Crippen molar-refractivity contribution in [1.82, 2.24) is 0 Å². The number of rotatable bonds is 4. The second-order valence-corrected chi connectivity index (χ2v) is 4.05. The predicted octanol–water partition coefficient (Wildman–Crippen LogP) is 1.84. The third-order valence-corrected chi connectivity index (χ3v) is 2.67. The normalized spacial score (nSPS) is 25.5. The van der Waals surface area contributed by atoms with Gasteiger partial charge >= 0.3 is 11.9 Å². The number of ether oxygens (including phenoxy) is 2. The Balaban J connectivity index is 2.51. The first kappa shape index (κ1) is 12.7. The Morgan fingerprint density at radius 1 is 1.56 bits per heavy atom. The van der Waals surface area contributed by atoms with E-state index in [0.29, 0.717) is 19.4 Å². The molecule has 4 heteroatoms. The van der Waals surface area contributed by atoms with Crippen LogP contribution < -0.4 is 0 Å². The maximum absolute atomic E-state index is 11.7. The van der Waals surface area contributed by atoms with Gasteiger partial charge in [0, 0.05) is 0 Å². The van der Waals surface area contributed by atoms with Crippen LogP contribution in [0.2, 0.25) is 0 Å². The number of carbonyl (C=O) groups is 2. The first-order valence-corrected chi connectivity index (χ1v) is 5.60. The molecule has 1 saturated heterocycles. The average Bonchev–Trinajstić information content (AvgIpc) is 2.28. The third kappa shape index (κ3) is 2.84. The van der Waals surface area contributed by atoms with E-state index in [2.05, 4.69) is 0 Å². The van der Waals surface area contributed by atoms with Crippen molar-refractivity contribution in [2.24, 2.45) is 5.41 Å². The lowest BCUT2D eigenvalue weighted by Crippen LogP contribution is -2.42. The maximum Gasteiger partial charge on any atom is 0.323 e. The van der Waals surface area contributed by atoms with E-state index in [4.69, 9.17) is 9.47 Å². The number of hydrogen-bond acceptors (Lipinski definition) is 4. The minimum absolute atomic E-state index is 0.218. The largest absolute Gasteiger partial charge is 0.465 e. The summed E-state index contributed by atoms with van der Waals surface area (Å²) in [5.41, 5.74) is -1.11. The summed E-state index contributed by atoms with van der Waals surface area (Å²) in [6.07, 6.45) is 5.80. The van der Waals surface area contributed by atoms with Crippen LogP contribution in [-0.2, 0) is 19.1 Å². The van der Waals surface area contributed by atoms with Gasteiger partial charge in [-0.25, -0.2) is 0 Å². The summed E-state index contributed by atoms with van der Waals surface area (Å²) in [5, 5.41) is 0. The van der Waals surface area contributed by atoms with Crippen LogP contribution >= 0.6 is 0 Å². The Morgan fingerprint density at radius 2 is 2.31 bits per heavy atom. The van der Waals surface area contributed by atoms with Crippen molar-refractivity contribution in [2.75, 3.05) is 13.2 Å². The number of hydrogen-bond donors (Lipinski definition) is 0. The molecule has 1 fully saturated rings. The lowest BCUT2D eigenvalue weighted by atomic mass is 9.84. The maximum atomic E-state index is 11.7. The van der Waals surface area contributed by atoms with Crippen LogP contribution in [0.4, 0.5) is 0 Å². The van der Waals surface area contributed by atoms with Gasteiger partial charge in [0.2, 0.25) is 0 Å². The van der Waals surface area contributed by atoms with Crippen molar-refractivity contribution in [3.05, 3.63) is 12.2 Å². The van der Waals surface area contributed by atoms with Gasteiger partial charge < -0.3 is 9.47 Å². The molecule has 0 aliphatic carbocycles. The summed E-state index contributed by atoms with van der Waals surface area (Å²) in [4.78, 5) is 23.2. The van der Waals surface area contributed by atoms with Gasteiger partial charge in [0.05, 0.1) is 6.61 Å². The molecule has 0 radical (unpaired) electrons.